The molecule has 1 aromatic carbocycles. The molecule has 1 fully saturated rings. The highest BCUT2D eigenvalue weighted by atomic mass is 79.9. The maximum absolute atomic E-state index is 12.1. The number of carbonyl (C=O) groups is 1. The number of nitrogens with zero attached hydrogens (tertiary/aromatic N) is 1. The lowest BCUT2D eigenvalue weighted by atomic mass is 10.1. The smallest absolute Gasteiger partial charge is 0.251 e. The molecule has 0 aromatic heterocycles. The molecule has 0 bridgehead atoms. The third-order valence-corrected chi connectivity index (χ3v) is 3.97. The lowest BCUT2D eigenvalue weighted by Gasteiger charge is -2.33. The number of nitrogens with one attached hydrogen (secondary N) is 1. The molecule has 1 N–H and O–H groups in total. The average molecular weight is 355 g/mol. The van der Waals surface area contributed by atoms with E-state index in [0.717, 1.165) is 30.7 Å². The largest absolute Gasteiger partial charge is 0.374 e. The van der Waals surface area contributed by atoms with Crippen LogP contribution >= 0.6 is 15.9 Å². The van der Waals surface area contributed by atoms with Crippen molar-refractivity contribution in [2.45, 2.75) is 20.0 Å². The molecule has 0 unspecified atom stereocenters. The summed E-state index contributed by atoms with van der Waals surface area (Å²) in [6.07, 6.45) is 0.0805. The van der Waals surface area contributed by atoms with Gasteiger partial charge in [-0.2, -0.15) is 0 Å². The van der Waals surface area contributed by atoms with E-state index in [4.69, 9.17) is 4.74 Å². The Labute approximate surface area is 135 Å². The molecule has 1 amide bonds. The van der Waals surface area contributed by atoms with Gasteiger partial charge in [-0.15, -0.1) is 0 Å². The summed E-state index contributed by atoms with van der Waals surface area (Å²) in [6, 6.07) is 7.37. The first-order valence-electron chi connectivity index (χ1n) is 7.42. The van der Waals surface area contributed by atoms with Gasteiger partial charge in [-0.25, -0.2) is 0 Å². The minimum Gasteiger partial charge on any atom is -0.374 e. The molecular formula is C16H23BrN2O2. The minimum absolute atomic E-state index is 0.0490. The highest BCUT2D eigenvalue weighted by molar-refractivity contribution is 9.10. The van der Waals surface area contributed by atoms with E-state index in [0.29, 0.717) is 18.0 Å². The zero-order chi connectivity index (χ0) is 15.2. The van der Waals surface area contributed by atoms with E-state index in [1.807, 2.05) is 24.3 Å². The first-order chi connectivity index (χ1) is 10.0. The van der Waals surface area contributed by atoms with Crippen LogP contribution in [0.4, 0.5) is 0 Å². The summed E-state index contributed by atoms with van der Waals surface area (Å²) < 4.78 is 6.70. The topological polar surface area (TPSA) is 41.6 Å². The zero-order valence-electron chi connectivity index (χ0n) is 12.6. The lowest BCUT2D eigenvalue weighted by Crippen LogP contribution is -2.48. The summed E-state index contributed by atoms with van der Waals surface area (Å²) in [4.78, 5) is 14.5. The van der Waals surface area contributed by atoms with Crippen LogP contribution in [-0.2, 0) is 4.74 Å². The molecule has 0 spiro atoms. The van der Waals surface area contributed by atoms with Crippen LogP contribution in [0, 0.1) is 5.92 Å². The van der Waals surface area contributed by atoms with Gasteiger partial charge in [-0.3, -0.25) is 9.69 Å². The van der Waals surface area contributed by atoms with Gasteiger partial charge in [0, 0.05) is 36.2 Å². The SMILES string of the molecule is CC(C)CN1CCO[C@H](CNC(=O)c2ccc(Br)cc2)C1. The Balaban J connectivity index is 1.79. The molecule has 1 aromatic rings. The third kappa shape index (κ3) is 5.41. The number of carbonyl (C=O) groups excluding carboxylic acids is 1. The minimum atomic E-state index is -0.0490. The molecule has 2 rings (SSSR count). The van der Waals surface area contributed by atoms with E-state index in [9.17, 15) is 4.79 Å². The van der Waals surface area contributed by atoms with Crippen LogP contribution in [0.5, 0.6) is 0 Å². The highest BCUT2D eigenvalue weighted by Crippen LogP contribution is 2.11. The Morgan fingerprint density at radius 2 is 2.14 bits per heavy atom. The van der Waals surface area contributed by atoms with Gasteiger partial charge in [0.1, 0.15) is 0 Å². The molecule has 0 aliphatic carbocycles. The van der Waals surface area contributed by atoms with Crippen LogP contribution in [0.25, 0.3) is 0 Å². The predicted octanol–water partition coefficient (Wildman–Crippen LogP) is 2.54. The molecule has 1 aliphatic rings. The van der Waals surface area contributed by atoms with Crippen molar-refractivity contribution in [3.63, 3.8) is 0 Å². The van der Waals surface area contributed by atoms with Crippen molar-refractivity contribution in [2.24, 2.45) is 5.92 Å². The number of rotatable bonds is 5. The van der Waals surface area contributed by atoms with Crippen molar-refractivity contribution in [2.75, 3.05) is 32.8 Å². The Morgan fingerprint density at radius 1 is 1.43 bits per heavy atom. The van der Waals surface area contributed by atoms with Crippen LogP contribution in [0.15, 0.2) is 28.7 Å². The summed E-state index contributed by atoms with van der Waals surface area (Å²) in [5, 5.41) is 2.96. The fourth-order valence-corrected chi connectivity index (χ4v) is 2.76. The summed E-state index contributed by atoms with van der Waals surface area (Å²) in [6.45, 7) is 8.70. The molecule has 4 nitrogen and oxygen atoms in total. The molecule has 1 atom stereocenters. The fourth-order valence-electron chi connectivity index (χ4n) is 2.50. The van der Waals surface area contributed by atoms with Crippen LogP contribution in [-0.4, -0.2) is 49.7 Å². The zero-order valence-corrected chi connectivity index (χ0v) is 14.2. The normalized spacial score (nSPS) is 19.7. The number of morpholine rings is 1. The van der Waals surface area contributed by atoms with Crippen molar-refractivity contribution in [3.05, 3.63) is 34.3 Å². The van der Waals surface area contributed by atoms with Crippen molar-refractivity contribution in [1.82, 2.24) is 10.2 Å². The van der Waals surface area contributed by atoms with Gasteiger partial charge in [-0.05, 0) is 30.2 Å². The Kier molecular flexibility index (Phi) is 6.21. The van der Waals surface area contributed by atoms with Crippen molar-refractivity contribution in [1.29, 1.82) is 0 Å². The summed E-state index contributed by atoms with van der Waals surface area (Å²) in [7, 11) is 0. The molecule has 0 radical (unpaired) electrons. The Bertz CT molecular complexity index is 462. The van der Waals surface area contributed by atoms with E-state index in [1.54, 1.807) is 0 Å². The van der Waals surface area contributed by atoms with E-state index in [2.05, 4.69) is 40.0 Å². The standard InChI is InChI=1S/C16H23BrN2O2/c1-12(2)10-19-7-8-21-15(11-19)9-18-16(20)13-3-5-14(17)6-4-13/h3-6,12,15H,7-11H2,1-2H3,(H,18,20)/t15-/m1/s1. The summed E-state index contributed by atoms with van der Waals surface area (Å²) in [5.74, 6) is 0.605. The third-order valence-electron chi connectivity index (χ3n) is 3.44. The molecule has 1 aliphatic heterocycles. The van der Waals surface area contributed by atoms with E-state index >= 15 is 0 Å². The van der Waals surface area contributed by atoms with Crippen molar-refractivity contribution >= 4 is 21.8 Å². The summed E-state index contributed by atoms with van der Waals surface area (Å²) in [5.41, 5.74) is 0.674. The van der Waals surface area contributed by atoms with Crippen molar-refractivity contribution in [3.8, 4) is 0 Å². The molecule has 1 heterocycles. The van der Waals surface area contributed by atoms with E-state index in [1.165, 1.54) is 0 Å². The van der Waals surface area contributed by atoms with Gasteiger partial charge < -0.3 is 10.1 Å². The number of benzene rings is 1. The molecule has 116 valence electrons. The van der Waals surface area contributed by atoms with E-state index in [-0.39, 0.29) is 12.0 Å². The van der Waals surface area contributed by atoms with E-state index < -0.39 is 0 Å². The maximum Gasteiger partial charge on any atom is 0.251 e. The number of ether oxygens (including phenoxy) is 1. The van der Waals surface area contributed by atoms with Gasteiger partial charge in [-0.1, -0.05) is 29.8 Å². The van der Waals surface area contributed by atoms with Gasteiger partial charge in [0.2, 0.25) is 0 Å². The number of hydrogen-bond donors (Lipinski definition) is 1. The lowest BCUT2D eigenvalue weighted by molar-refractivity contribution is -0.0295. The molecule has 5 heteroatoms. The quantitative estimate of drug-likeness (QED) is 0.883. The maximum atomic E-state index is 12.1. The van der Waals surface area contributed by atoms with Gasteiger partial charge >= 0.3 is 0 Å². The highest BCUT2D eigenvalue weighted by Gasteiger charge is 2.21. The van der Waals surface area contributed by atoms with Crippen molar-refractivity contribution < 1.29 is 9.53 Å². The number of halogens is 1. The van der Waals surface area contributed by atoms with Gasteiger partial charge in [0.25, 0.3) is 5.91 Å². The first kappa shape index (κ1) is 16.5. The predicted molar refractivity (Wildman–Crippen MR) is 87.5 cm³/mol. The monoisotopic (exact) mass is 354 g/mol. The number of hydrogen-bond acceptors (Lipinski definition) is 3. The second kappa shape index (κ2) is 7.92. The molecule has 1 saturated heterocycles. The van der Waals surface area contributed by atoms with Crippen LogP contribution in [0.1, 0.15) is 24.2 Å². The van der Waals surface area contributed by atoms with Gasteiger partial charge in [0.05, 0.1) is 12.7 Å². The van der Waals surface area contributed by atoms with Crippen LogP contribution in [0.2, 0.25) is 0 Å². The van der Waals surface area contributed by atoms with Crippen LogP contribution < -0.4 is 5.32 Å². The van der Waals surface area contributed by atoms with Crippen LogP contribution in [0.3, 0.4) is 0 Å². The van der Waals surface area contributed by atoms with Gasteiger partial charge in [0.15, 0.2) is 0 Å². The second-order valence-electron chi connectivity index (χ2n) is 5.86. The Morgan fingerprint density at radius 3 is 2.81 bits per heavy atom. The second-order valence-corrected chi connectivity index (χ2v) is 6.78. The average Bonchev–Trinajstić information content (AvgIpc) is 2.45. The first-order valence-corrected chi connectivity index (χ1v) is 8.21. The molecular weight excluding hydrogens is 332 g/mol. The fraction of sp³-hybridized carbons (Fsp3) is 0.562. The molecule has 0 saturated carbocycles. The molecule has 21 heavy (non-hydrogen) atoms. The summed E-state index contributed by atoms with van der Waals surface area (Å²) >= 11 is 3.36. The Hall–Kier alpha value is -0.910. The number of amides is 1.